The normalized spacial score (nSPS) is 10.3. The van der Waals surface area contributed by atoms with E-state index in [9.17, 15) is 0 Å². The molecule has 0 fully saturated rings. The van der Waals surface area contributed by atoms with Crippen LogP contribution in [0.1, 0.15) is 18.1 Å². The molecule has 0 aliphatic rings. The van der Waals surface area contributed by atoms with Crippen LogP contribution in [0, 0.1) is 6.92 Å². The van der Waals surface area contributed by atoms with Gasteiger partial charge in [-0.05, 0) is 32.0 Å². The molecule has 2 rings (SSSR count). The summed E-state index contributed by atoms with van der Waals surface area (Å²) in [5, 5.41) is 3.25. The highest BCUT2D eigenvalue weighted by atomic mass is 16.5. The third kappa shape index (κ3) is 3.41. The van der Waals surface area contributed by atoms with Gasteiger partial charge in [0.25, 0.3) is 0 Å². The summed E-state index contributed by atoms with van der Waals surface area (Å²) in [6.07, 6.45) is 1.46. The lowest BCUT2D eigenvalue weighted by Gasteiger charge is -2.13. The molecule has 0 bridgehead atoms. The molecular weight excluding hydrogens is 268 g/mol. The van der Waals surface area contributed by atoms with E-state index in [0.29, 0.717) is 24.8 Å². The zero-order valence-corrected chi connectivity index (χ0v) is 12.5. The van der Waals surface area contributed by atoms with E-state index in [2.05, 4.69) is 15.3 Å². The molecule has 1 aromatic carbocycles. The first kappa shape index (κ1) is 15.1. The smallest absolute Gasteiger partial charge is 0.221 e. The van der Waals surface area contributed by atoms with Crippen LogP contribution in [0.2, 0.25) is 0 Å². The number of methoxy groups -OCH3 is 1. The first-order chi connectivity index (χ1) is 10.2. The molecule has 0 atom stereocenters. The molecule has 3 N–H and O–H groups in total. The second kappa shape index (κ2) is 6.90. The third-order valence-corrected chi connectivity index (χ3v) is 3.07. The van der Waals surface area contributed by atoms with Gasteiger partial charge in [0.05, 0.1) is 19.3 Å². The minimum Gasteiger partial charge on any atom is -0.494 e. The van der Waals surface area contributed by atoms with Gasteiger partial charge in [-0.25, -0.2) is 9.97 Å². The second-order valence-corrected chi connectivity index (χ2v) is 4.44. The first-order valence-electron chi connectivity index (χ1n) is 6.78. The van der Waals surface area contributed by atoms with E-state index in [-0.39, 0.29) is 0 Å². The Morgan fingerprint density at radius 2 is 2.10 bits per heavy atom. The van der Waals surface area contributed by atoms with Crippen LogP contribution in [0.4, 0.5) is 11.5 Å². The quantitative estimate of drug-likeness (QED) is 0.849. The van der Waals surface area contributed by atoms with Gasteiger partial charge >= 0.3 is 0 Å². The molecular formula is C15H20N4O2. The summed E-state index contributed by atoms with van der Waals surface area (Å²) in [7, 11) is 1.59. The van der Waals surface area contributed by atoms with Gasteiger partial charge in [-0.1, -0.05) is 0 Å². The Hall–Kier alpha value is -2.34. The number of hydrogen-bond donors (Lipinski definition) is 2. The number of hydrogen-bond acceptors (Lipinski definition) is 6. The molecule has 0 radical (unpaired) electrons. The van der Waals surface area contributed by atoms with Crippen molar-refractivity contribution in [2.45, 2.75) is 20.4 Å². The lowest BCUT2D eigenvalue weighted by molar-refractivity contribution is 0.336. The summed E-state index contributed by atoms with van der Waals surface area (Å²) < 4.78 is 10.7. The topological polar surface area (TPSA) is 82.3 Å². The minimum absolute atomic E-state index is 0.414. The van der Waals surface area contributed by atoms with E-state index in [1.165, 1.54) is 6.33 Å². The molecule has 21 heavy (non-hydrogen) atoms. The number of nitrogens with two attached hydrogens (primary N) is 1. The van der Waals surface area contributed by atoms with Crippen LogP contribution in [0.5, 0.6) is 11.6 Å². The van der Waals surface area contributed by atoms with E-state index in [4.69, 9.17) is 15.2 Å². The van der Waals surface area contributed by atoms with Crippen LogP contribution >= 0.6 is 0 Å². The summed E-state index contributed by atoms with van der Waals surface area (Å²) in [6, 6.07) is 5.79. The Morgan fingerprint density at radius 1 is 1.29 bits per heavy atom. The molecule has 0 aliphatic heterocycles. The molecule has 0 spiro atoms. The molecule has 0 amide bonds. The van der Waals surface area contributed by atoms with E-state index in [1.807, 2.05) is 32.0 Å². The van der Waals surface area contributed by atoms with Crippen molar-refractivity contribution >= 4 is 11.5 Å². The van der Waals surface area contributed by atoms with E-state index in [1.54, 1.807) is 7.11 Å². The second-order valence-electron chi connectivity index (χ2n) is 4.44. The highest BCUT2D eigenvalue weighted by molar-refractivity contribution is 5.62. The Bertz CT molecular complexity index is 617. The molecule has 6 heteroatoms. The Labute approximate surface area is 124 Å². The van der Waals surface area contributed by atoms with Gasteiger partial charge in [0, 0.05) is 17.8 Å². The SMILES string of the molecule is CCOc1ccc(Nc2ncnc(OC)c2C)cc1CN. The fourth-order valence-electron chi connectivity index (χ4n) is 2.02. The average Bonchev–Trinajstić information content (AvgIpc) is 2.51. The first-order valence-corrected chi connectivity index (χ1v) is 6.78. The van der Waals surface area contributed by atoms with E-state index < -0.39 is 0 Å². The number of nitrogens with one attached hydrogen (secondary N) is 1. The predicted molar refractivity (Wildman–Crippen MR) is 82.1 cm³/mol. The summed E-state index contributed by atoms with van der Waals surface area (Å²) >= 11 is 0. The average molecular weight is 288 g/mol. The Kier molecular flexibility index (Phi) is 4.94. The molecule has 112 valence electrons. The van der Waals surface area contributed by atoms with Crippen LogP contribution in [-0.2, 0) is 6.54 Å². The molecule has 6 nitrogen and oxygen atoms in total. The molecule has 0 saturated carbocycles. The zero-order valence-electron chi connectivity index (χ0n) is 12.5. The van der Waals surface area contributed by atoms with Crippen LogP contribution < -0.4 is 20.5 Å². The highest BCUT2D eigenvalue weighted by Crippen LogP contribution is 2.27. The number of anilines is 2. The van der Waals surface area contributed by atoms with E-state index in [0.717, 1.165) is 22.6 Å². The molecule has 1 heterocycles. The minimum atomic E-state index is 0.414. The number of nitrogens with zero attached hydrogens (tertiary/aromatic N) is 2. The van der Waals surface area contributed by atoms with Gasteiger partial charge in [-0.3, -0.25) is 0 Å². The standard InChI is InChI=1S/C15H20N4O2/c1-4-21-13-6-5-12(7-11(13)8-16)19-14-10(2)15(20-3)18-9-17-14/h5-7,9H,4,8,16H2,1-3H3,(H,17,18,19). The predicted octanol–water partition coefficient (Wildman–Crippen LogP) is 2.39. The van der Waals surface area contributed by atoms with Crippen molar-refractivity contribution in [1.29, 1.82) is 0 Å². The van der Waals surface area contributed by atoms with Crippen molar-refractivity contribution in [2.24, 2.45) is 5.73 Å². The van der Waals surface area contributed by atoms with Crippen LogP contribution in [-0.4, -0.2) is 23.7 Å². The van der Waals surface area contributed by atoms with Crippen LogP contribution in [0.15, 0.2) is 24.5 Å². The lowest BCUT2D eigenvalue weighted by Crippen LogP contribution is -2.04. The van der Waals surface area contributed by atoms with Crippen LogP contribution in [0.25, 0.3) is 0 Å². The summed E-state index contributed by atoms with van der Waals surface area (Å²) in [4.78, 5) is 8.29. The van der Waals surface area contributed by atoms with Gasteiger partial charge in [-0.15, -0.1) is 0 Å². The number of rotatable bonds is 6. The fraction of sp³-hybridized carbons (Fsp3) is 0.333. The van der Waals surface area contributed by atoms with E-state index >= 15 is 0 Å². The van der Waals surface area contributed by atoms with Crippen molar-refractivity contribution in [3.8, 4) is 11.6 Å². The highest BCUT2D eigenvalue weighted by Gasteiger charge is 2.09. The van der Waals surface area contributed by atoms with Gasteiger partial charge < -0.3 is 20.5 Å². The molecule has 1 aromatic heterocycles. The number of ether oxygens (including phenoxy) is 2. The maximum absolute atomic E-state index is 5.77. The van der Waals surface area contributed by atoms with Crippen molar-refractivity contribution in [3.63, 3.8) is 0 Å². The maximum Gasteiger partial charge on any atom is 0.221 e. The Morgan fingerprint density at radius 3 is 2.76 bits per heavy atom. The molecule has 0 unspecified atom stereocenters. The summed E-state index contributed by atoms with van der Waals surface area (Å²) in [5.74, 6) is 2.06. The third-order valence-electron chi connectivity index (χ3n) is 3.07. The monoisotopic (exact) mass is 288 g/mol. The van der Waals surface area contributed by atoms with Gasteiger partial charge in [0.1, 0.15) is 17.9 Å². The number of aromatic nitrogens is 2. The van der Waals surface area contributed by atoms with Crippen molar-refractivity contribution in [3.05, 3.63) is 35.7 Å². The van der Waals surface area contributed by atoms with Gasteiger partial charge in [0.15, 0.2) is 0 Å². The van der Waals surface area contributed by atoms with Crippen molar-refractivity contribution < 1.29 is 9.47 Å². The van der Waals surface area contributed by atoms with Gasteiger partial charge in [-0.2, -0.15) is 0 Å². The summed E-state index contributed by atoms with van der Waals surface area (Å²) in [5.41, 5.74) is 8.45. The zero-order chi connectivity index (χ0) is 15.2. The van der Waals surface area contributed by atoms with Crippen molar-refractivity contribution in [2.75, 3.05) is 19.0 Å². The number of benzene rings is 1. The lowest BCUT2D eigenvalue weighted by atomic mass is 10.1. The fourth-order valence-corrected chi connectivity index (χ4v) is 2.02. The van der Waals surface area contributed by atoms with Crippen LogP contribution in [0.3, 0.4) is 0 Å². The largest absolute Gasteiger partial charge is 0.494 e. The molecule has 0 aliphatic carbocycles. The van der Waals surface area contributed by atoms with Gasteiger partial charge in [0.2, 0.25) is 5.88 Å². The molecule has 2 aromatic rings. The summed E-state index contributed by atoms with van der Waals surface area (Å²) in [6.45, 7) is 4.88. The Balaban J connectivity index is 2.28. The maximum atomic E-state index is 5.77. The molecule has 0 saturated heterocycles. The van der Waals surface area contributed by atoms with Crippen molar-refractivity contribution in [1.82, 2.24) is 9.97 Å².